The summed E-state index contributed by atoms with van der Waals surface area (Å²) in [7, 11) is -7.94. The van der Waals surface area contributed by atoms with Crippen LogP contribution < -0.4 is 15.2 Å². The second kappa shape index (κ2) is 5.07. The first-order valence-electron chi connectivity index (χ1n) is 6.82. The summed E-state index contributed by atoms with van der Waals surface area (Å²) < 4.78 is 50.7. The van der Waals surface area contributed by atoms with Crippen molar-refractivity contribution in [2.75, 3.05) is 5.32 Å². The highest BCUT2D eigenvalue weighted by Crippen LogP contribution is 2.40. The predicted molar refractivity (Wildman–Crippen MR) is 82.6 cm³/mol. The van der Waals surface area contributed by atoms with Crippen LogP contribution in [0.5, 0.6) is 0 Å². The summed E-state index contributed by atoms with van der Waals surface area (Å²) in [4.78, 5) is -0.559. The molecule has 10 heteroatoms. The highest BCUT2D eigenvalue weighted by atomic mass is 35.5. The molecule has 1 heterocycles. The maximum absolute atomic E-state index is 12.5. The highest BCUT2D eigenvalue weighted by molar-refractivity contribution is 7.90. The molecule has 4 N–H and O–H groups in total. The number of hydrogen-bond acceptors (Lipinski definition) is 5. The number of hydrogen-bond donors (Lipinski definition) is 3. The first-order chi connectivity index (χ1) is 10.1. The maximum atomic E-state index is 12.5. The molecule has 2 aliphatic rings. The van der Waals surface area contributed by atoms with Crippen LogP contribution in [0.15, 0.2) is 21.9 Å². The van der Waals surface area contributed by atoms with Gasteiger partial charge in [0.05, 0.1) is 10.7 Å². The van der Waals surface area contributed by atoms with Crippen LogP contribution in [0.1, 0.15) is 32.1 Å². The molecule has 1 saturated carbocycles. The molecule has 22 heavy (non-hydrogen) atoms. The lowest BCUT2D eigenvalue weighted by molar-refractivity contribution is 0.300. The maximum Gasteiger partial charge on any atom is 0.244 e. The summed E-state index contributed by atoms with van der Waals surface area (Å²) in [6.07, 6.45) is 4.21. The van der Waals surface area contributed by atoms with Gasteiger partial charge in [-0.25, -0.2) is 22.0 Å². The Labute approximate surface area is 134 Å². The van der Waals surface area contributed by atoms with E-state index in [1.54, 1.807) is 0 Å². The zero-order valence-electron chi connectivity index (χ0n) is 11.6. The van der Waals surface area contributed by atoms with Crippen LogP contribution in [0.4, 0.5) is 5.69 Å². The van der Waals surface area contributed by atoms with Gasteiger partial charge in [0, 0.05) is 0 Å². The topological polar surface area (TPSA) is 118 Å². The van der Waals surface area contributed by atoms with E-state index in [4.69, 9.17) is 16.7 Å². The molecule has 1 spiro atoms. The van der Waals surface area contributed by atoms with Crippen molar-refractivity contribution in [3.8, 4) is 0 Å². The average molecular weight is 366 g/mol. The van der Waals surface area contributed by atoms with Crippen LogP contribution in [0.25, 0.3) is 0 Å². The molecule has 3 rings (SSSR count). The van der Waals surface area contributed by atoms with Crippen LogP contribution in [0.3, 0.4) is 0 Å². The van der Waals surface area contributed by atoms with Crippen molar-refractivity contribution >= 4 is 37.3 Å². The van der Waals surface area contributed by atoms with Crippen LogP contribution in [-0.2, 0) is 20.0 Å². The Morgan fingerprint density at radius 2 is 1.82 bits per heavy atom. The molecule has 122 valence electrons. The summed E-state index contributed by atoms with van der Waals surface area (Å²) >= 11 is 5.95. The van der Waals surface area contributed by atoms with Crippen LogP contribution in [0.2, 0.25) is 5.02 Å². The van der Waals surface area contributed by atoms with Gasteiger partial charge >= 0.3 is 0 Å². The summed E-state index contributed by atoms with van der Waals surface area (Å²) in [6, 6.07) is 2.31. The first-order valence-corrected chi connectivity index (χ1v) is 10.2. The molecule has 0 saturated heterocycles. The van der Waals surface area contributed by atoms with E-state index in [2.05, 4.69) is 10.0 Å². The van der Waals surface area contributed by atoms with Crippen molar-refractivity contribution in [1.29, 1.82) is 0 Å². The molecule has 0 bridgehead atoms. The Bertz CT molecular complexity index is 830. The first kappa shape index (κ1) is 16.0. The van der Waals surface area contributed by atoms with Gasteiger partial charge in [0.2, 0.25) is 20.0 Å². The molecule has 1 aliphatic heterocycles. The fourth-order valence-corrected chi connectivity index (χ4v) is 5.78. The number of primary sulfonamides is 1. The second-order valence-electron chi connectivity index (χ2n) is 5.70. The van der Waals surface area contributed by atoms with E-state index >= 15 is 0 Å². The molecule has 1 aromatic rings. The SMILES string of the molecule is NS(=O)(=O)c1cc2c(cc1Cl)NC1(CCCCC1)NS2(=O)=O. The Morgan fingerprint density at radius 1 is 1.18 bits per heavy atom. The van der Waals surface area contributed by atoms with Gasteiger partial charge < -0.3 is 5.32 Å². The smallest absolute Gasteiger partial charge is 0.244 e. The Hall–Kier alpha value is -0.870. The quantitative estimate of drug-likeness (QED) is 0.694. The molecular weight excluding hydrogens is 350 g/mol. The average Bonchev–Trinajstić information content (AvgIpc) is 2.36. The van der Waals surface area contributed by atoms with E-state index in [-0.39, 0.29) is 9.92 Å². The summed E-state index contributed by atoms with van der Waals surface area (Å²) in [5, 5.41) is 8.14. The lowest BCUT2D eigenvalue weighted by atomic mass is 9.89. The Balaban J connectivity index is 2.16. The zero-order chi connectivity index (χ0) is 16.2. The third-order valence-electron chi connectivity index (χ3n) is 4.04. The normalized spacial score (nSPS) is 22.8. The lowest BCUT2D eigenvalue weighted by Crippen LogP contribution is -2.58. The minimum absolute atomic E-state index is 0.100. The van der Waals surface area contributed by atoms with Crippen molar-refractivity contribution in [3.63, 3.8) is 0 Å². The molecule has 0 radical (unpaired) electrons. The van der Waals surface area contributed by atoms with Gasteiger partial charge in [-0.1, -0.05) is 18.0 Å². The number of anilines is 1. The Morgan fingerprint density at radius 3 is 2.41 bits per heavy atom. The highest BCUT2D eigenvalue weighted by Gasteiger charge is 2.42. The summed E-state index contributed by atoms with van der Waals surface area (Å²) in [5.41, 5.74) is -0.422. The zero-order valence-corrected chi connectivity index (χ0v) is 14.0. The molecule has 1 aliphatic carbocycles. The fraction of sp³-hybridized carbons (Fsp3) is 0.500. The van der Waals surface area contributed by atoms with Gasteiger partial charge in [-0.2, -0.15) is 4.72 Å². The number of nitrogens with two attached hydrogens (primary N) is 1. The second-order valence-corrected chi connectivity index (χ2v) is 9.28. The number of fused-ring (bicyclic) bond motifs is 1. The molecular formula is C12H16ClN3O4S2. The van der Waals surface area contributed by atoms with E-state index in [1.165, 1.54) is 6.07 Å². The van der Waals surface area contributed by atoms with Gasteiger partial charge in [0.25, 0.3) is 0 Å². The van der Waals surface area contributed by atoms with Crippen LogP contribution in [0, 0.1) is 0 Å². The van der Waals surface area contributed by atoms with Gasteiger partial charge in [0.15, 0.2) is 0 Å². The molecule has 0 amide bonds. The van der Waals surface area contributed by atoms with Gasteiger partial charge in [-0.3, -0.25) is 0 Å². The predicted octanol–water partition coefficient (Wildman–Crippen LogP) is 1.35. The monoisotopic (exact) mass is 365 g/mol. The molecule has 0 atom stereocenters. The lowest BCUT2D eigenvalue weighted by Gasteiger charge is -2.42. The van der Waals surface area contributed by atoms with Crippen molar-refractivity contribution in [1.82, 2.24) is 4.72 Å². The van der Waals surface area contributed by atoms with Gasteiger partial charge in [-0.15, -0.1) is 0 Å². The molecule has 0 unspecified atom stereocenters. The van der Waals surface area contributed by atoms with Crippen molar-refractivity contribution in [2.45, 2.75) is 47.6 Å². The summed E-state index contributed by atoms with van der Waals surface area (Å²) in [6.45, 7) is 0. The summed E-state index contributed by atoms with van der Waals surface area (Å²) in [5.74, 6) is 0. The molecule has 0 aromatic heterocycles. The van der Waals surface area contributed by atoms with Crippen LogP contribution >= 0.6 is 11.6 Å². The van der Waals surface area contributed by atoms with E-state index in [0.29, 0.717) is 18.5 Å². The van der Waals surface area contributed by atoms with Crippen molar-refractivity contribution < 1.29 is 16.8 Å². The van der Waals surface area contributed by atoms with E-state index in [9.17, 15) is 16.8 Å². The van der Waals surface area contributed by atoms with E-state index in [0.717, 1.165) is 25.3 Å². The largest absolute Gasteiger partial charge is 0.365 e. The third-order valence-corrected chi connectivity index (χ3v) is 6.99. The minimum Gasteiger partial charge on any atom is -0.365 e. The number of benzene rings is 1. The minimum atomic E-state index is -4.10. The molecule has 1 fully saturated rings. The number of nitrogens with one attached hydrogen (secondary N) is 2. The fourth-order valence-electron chi connectivity index (χ4n) is 3.05. The number of halogens is 1. The molecule has 1 aromatic carbocycles. The number of rotatable bonds is 1. The van der Waals surface area contributed by atoms with Gasteiger partial charge in [-0.05, 0) is 37.8 Å². The Kier molecular flexibility index (Phi) is 3.69. The number of sulfonamides is 2. The molecule has 7 nitrogen and oxygen atoms in total. The van der Waals surface area contributed by atoms with Gasteiger partial charge in [0.1, 0.15) is 15.5 Å². The van der Waals surface area contributed by atoms with Crippen LogP contribution in [-0.4, -0.2) is 22.5 Å². The standard InChI is InChI=1S/C12H16ClN3O4S2/c13-8-6-9-11(7-10(8)21(14,17)18)22(19,20)16-12(15-9)4-2-1-3-5-12/h6-7,15-16H,1-5H2,(H2,14,17,18). The van der Waals surface area contributed by atoms with E-state index in [1.807, 2.05) is 0 Å². The third kappa shape index (κ3) is 2.71. The van der Waals surface area contributed by atoms with E-state index < -0.39 is 30.6 Å². The van der Waals surface area contributed by atoms with Crippen molar-refractivity contribution in [3.05, 3.63) is 17.2 Å². The van der Waals surface area contributed by atoms with Crippen molar-refractivity contribution in [2.24, 2.45) is 5.14 Å².